The van der Waals surface area contributed by atoms with Crippen molar-refractivity contribution >= 4 is 53.9 Å². The molecule has 0 spiro atoms. The van der Waals surface area contributed by atoms with Gasteiger partial charge in [-0.1, -0.05) is 121 Å². The lowest BCUT2D eigenvalue weighted by Gasteiger charge is -1.96. The molecule has 0 saturated carbocycles. The van der Waals surface area contributed by atoms with Crippen molar-refractivity contribution in [3.05, 3.63) is 172 Å². The maximum Gasteiger partial charge on any atom is 0.194 e. The smallest absolute Gasteiger partial charge is 0.194 e. The molecule has 6 aromatic carbocycles. The summed E-state index contributed by atoms with van der Waals surface area (Å²) in [5, 5.41) is 1.06. The van der Waals surface area contributed by atoms with Gasteiger partial charge in [0, 0.05) is 53.9 Å². The predicted octanol–water partition coefficient (Wildman–Crippen LogP) is 5.38. The monoisotopic (exact) mass is 520 g/mol. The number of rotatable bonds is 0. The van der Waals surface area contributed by atoms with E-state index >= 15 is 0 Å². The van der Waals surface area contributed by atoms with Crippen LogP contribution in [0.3, 0.4) is 0 Å². The molecule has 0 radical (unpaired) electrons. The molecule has 0 amide bonds. The molecule has 6 aromatic rings. The van der Waals surface area contributed by atoms with E-state index in [1.165, 1.54) is 60.7 Å². The summed E-state index contributed by atoms with van der Waals surface area (Å²) in [4.78, 5) is 69.7. The quantitative estimate of drug-likeness (QED) is 0.269. The minimum atomic E-state index is -0.515. The van der Waals surface area contributed by atoms with Crippen LogP contribution in [0.25, 0.3) is 53.9 Å². The van der Waals surface area contributed by atoms with E-state index in [-0.39, 0.29) is 53.9 Å². The van der Waals surface area contributed by atoms with Crippen molar-refractivity contribution in [3.8, 4) is 0 Å². The molecule has 190 valence electrons. The summed E-state index contributed by atoms with van der Waals surface area (Å²) < 4.78 is 0. The fourth-order valence-corrected chi connectivity index (χ4v) is 5.12. The Labute approximate surface area is 226 Å². The van der Waals surface area contributed by atoms with Gasteiger partial charge in [0.1, 0.15) is 0 Å². The summed E-state index contributed by atoms with van der Waals surface area (Å²) in [6, 6.07) is 31.8. The first-order chi connectivity index (χ1) is 19.5. The van der Waals surface area contributed by atoms with Crippen molar-refractivity contribution in [2.75, 3.05) is 0 Å². The van der Waals surface area contributed by atoms with E-state index in [9.17, 15) is 24.0 Å². The molecule has 0 aliphatic rings. The van der Waals surface area contributed by atoms with Gasteiger partial charge in [0.25, 0.3) is 0 Å². The highest BCUT2D eigenvalue weighted by Crippen LogP contribution is 2.14. The lowest BCUT2D eigenvalue weighted by atomic mass is 10.1. The first-order valence-corrected chi connectivity index (χ1v) is 12.7. The van der Waals surface area contributed by atoms with Gasteiger partial charge in [0.05, 0.1) is 0 Å². The van der Waals surface area contributed by atoms with Gasteiger partial charge in [-0.05, 0) is 0 Å². The molecular weight excluding hydrogens is 500 g/mol. The molecule has 0 fully saturated rings. The van der Waals surface area contributed by atoms with Crippen LogP contribution < -0.4 is 27.1 Å². The second kappa shape index (κ2) is 9.97. The van der Waals surface area contributed by atoms with Crippen LogP contribution in [0.1, 0.15) is 0 Å². The standard InChI is InChI=1S/C35H20O5/c36-31-21-11-1-2-12-22(21)32(37)25-15-5-6-16-26(25)34(39)29-19-9-10-20-30(29)35(40)28-18-8-7-17-27(28)33(38)24-14-4-3-13-23(24)31/h1-20H. The second-order valence-corrected chi connectivity index (χ2v) is 9.37. The molecule has 0 saturated heterocycles. The molecule has 40 heavy (non-hydrogen) atoms. The fourth-order valence-electron chi connectivity index (χ4n) is 5.12. The average Bonchev–Trinajstić information content (AvgIpc) is 3.02. The summed E-state index contributed by atoms with van der Waals surface area (Å²) in [6.45, 7) is 0. The largest absolute Gasteiger partial charge is 0.289 e. The van der Waals surface area contributed by atoms with Crippen molar-refractivity contribution in [2.45, 2.75) is 0 Å². The Morgan fingerprint density at radius 1 is 0.200 bits per heavy atom. The van der Waals surface area contributed by atoms with Crippen LogP contribution in [0, 0.1) is 0 Å². The average molecular weight is 521 g/mol. The zero-order chi connectivity index (χ0) is 27.8. The Bertz CT molecular complexity index is 1880. The van der Waals surface area contributed by atoms with Crippen LogP contribution in [0.15, 0.2) is 145 Å². The van der Waals surface area contributed by atoms with E-state index < -0.39 is 27.1 Å². The molecule has 0 bridgehead atoms. The molecule has 5 heteroatoms. The number of benzene rings is 5. The van der Waals surface area contributed by atoms with Crippen molar-refractivity contribution in [3.63, 3.8) is 0 Å². The highest BCUT2D eigenvalue weighted by Gasteiger charge is 2.10. The highest BCUT2D eigenvalue weighted by atomic mass is 16.1. The lowest BCUT2D eigenvalue weighted by molar-refractivity contribution is 1.67. The van der Waals surface area contributed by atoms with Crippen LogP contribution in [-0.4, -0.2) is 0 Å². The van der Waals surface area contributed by atoms with E-state index in [0.717, 1.165) is 0 Å². The normalized spacial score (nSPS) is 11.0. The molecule has 6 rings (SSSR count). The molecule has 0 atom stereocenters. The maximum atomic E-state index is 13.9. The van der Waals surface area contributed by atoms with Gasteiger partial charge in [0.2, 0.25) is 0 Å². The minimum absolute atomic E-state index is 0.106. The topological polar surface area (TPSA) is 85.3 Å². The molecule has 0 aromatic heterocycles. The van der Waals surface area contributed by atoms with Gasteiger partial charge >= 0.3 is 0 Å². The van der Waals surface area contributed by atoms with E-state index in [2.05, 4.69) is 0 Å². The van der Waals surface area contributed by atoms with E-state index in [4.69, 9.17) is 0 Å². The van der Waals surface area contributed by atoms with Crippen LogP contribution in [0.5, 0.6) is 0 Å². The van der Waals surface area contributed by atoms with Crippen LogP contribution in [0.4, 0.5) is 0 Å². The first kappa shape index (κ1) is 24.8. The zero-order valence-corrected chi connectivity index (χ0v) is 21.1. The Morgan fingerprint density at radius 2 is 0.300 bits per heavy atom. The Morgan fingerprint density at radius 3 is 0.400 bits per heavy atom. The summed E-state index contributed by atoms with van der Waals surface area (Å²) >= 11 is 0. The Kier molecular flexibility index (Phi) is 6.17. The number of hydrogen-bond donors (Lipinski definition) is 0. The van der Waals surface area contributed by atoms with Crippen LogP contribution >= 0.6 is 0 Å². The molecule has 0 heterocycles. The van der Waals surface area contributed by atoms with Crippen LogP contribution in [0.2, 0.25) is 0 Å². The third kappa shape index (κ3) is 4.01. The van der Waals surface area contributed by atoms with Crippen molar-refractivity contribution in [1.82, 2.24) is 0 Å². The third-order valence-corrected chi connectivity index (χ3v) is 7.08. The first-order valence-electron chi connectivity index (χ1n) is 12.7. The summed E-state index contributed by atoms with van der Waals surface area (Å²) in [5.41, 5.74) is -2.58. The Balaban J connectivity index is 2.12. The van der Waals surface area contributed by atoms with Gasteiger partial charge in [-0.3, -0.25) is 24.0 Å². The van der Waals surface area contributed by atoms with Gasteiger partial charge in [-0.25, -0.2) is 0 Å². The van der Waals surface area contributed by atoms with Crippen LogP contribution in [-0.2, 0) is 0 Å². The minimum Gasteiger partial charge on any atom is -0.289 e. The second-order valence-electron chi connectivity index (χ2n) is 9.37. The fraction of sp³-hybridized carbons (Fsp3) is 0. The lowest BCUT2D eigenvalue weighted by Crippen LogP contribution is -2.09. The maximum absolute atomic E-state index is 13.9. The molecule has 0 unspecified atom stereocenters. The third-order valence-electron chi connectivity index (χ3n) is 7.08. The van der Waals surface area contributed by atoms with E-state index in [1.807, 2.05) is 0 Å². The van der Waals surface area contributed by atoms with Gasteiger partial charge in [-0.2, -0.15) is 0 Å². The van der Waals surface area contributed by atoms with Gasteiger partial charge in [-0.15, -0.1) is 0 Å². The van der Waals surface area contributed by atoms with Gasteiger partial charge in [0.15, 0.2) is 27.1 Å². The summed E-state index contributed by atoms with van der Waals surface area (Å²) in [5.74, 6) is 0. The SMILES string of the molecule is O=c1c2ccccc2c(=O)c2ccccc2c(=O)c2ccccc2c(=O)c2ccccc2c(=O)c2ccccc12. The number of hydrogen-bond acceptors (Lipinski definition) is 5. The molecule has 5 nitrogen and oxygen atoms in total. The molecule has 0 N–H and O–H groups in total. The van der Waals surface area contributed by atoms with Crippen molar-refractivity contribution in [2.24, 2.45) is 0 Å². The number of fused-ring (bicyclic) bond motifs is 5. The van der Waals surface area contributed by atoms with Crippen molar-refractivity contribution < 1.29 is 0 Å². The molecule has 0 aliphatic heterocycles. The van der Waals surface area contributed by atoms with E-state index in [0.29, 0.717) is 0 Å². The predicted molar refractivity (Wildman–Crippen MR) is 163 cm³/mol. The highest BCUT2D eigenvalue weighted by molar-refractivity contribution is 5.99. The van der Waals surface area contributed by atoms with Gasteiger partial charge < -0.3 is 0 Å². The van der Waals surface area contributed by atoms with E-state index in [1.54, 1.807) is 60.7 Å². The molecule has 0 aliphatic carbocycles. The summed E-state index contributed by atoms with van der Waals surface area (Å²) in [7, 11) is 0. The molecular formula is C35H20O5. The van der Waals surface area contributed by atoms with Crippen molar-refractivity contribution in [1.29, 1.82) is 0 Å². The summed E-state index contributed by atoms with van der Waals surface area (Å²) in [6.07, 6.45) is 0. The zero-order valence-electron chi connectivity index (χ0n) is 21.1. The Hall–Kier alpha value is -5.55.